The van der Waals surface area contributed by atoms with E-state index in [9.17, 15) is 4.79 Å². The summed E-state index contributed by atoms with van der Waals surface area (Å²) < 4.78 is 15.3. The molecule has 0 fully saturated rings. The van der Waals surface area contributed by atoms with Gasteiger partial charge < -0.3 is 24.9 Å². The SMILES string of the molecule is COCC(CNC(=O)c1ccc(CN)o1)OC. The zero-order valence-corrected chi connectivity index (χ0v) is 10.1. The molecule has 0 aliphatic rings. The van der Waals surface area contributed by atoms with Gasteiger partial charge in [-0.1, -0.05) is 0 Å². The summed E-state index contributed by atoms with van der Waals surface area (Å²) in [6, 6.07) is 3.27. The lowest BCUT2D eigenvalue weighted by atomic mass is 10.3. The molecule has 96 valence electrons. The fourth-order valence-corrected chi connectivity index (χ4v) is 1.30. The van der Waals surface area contributed by atoms with Crippen LogP contribution in [-0.2, 0) is 16.0 Å². The normalized spacial score (nSPS) is 12.4. The molecule has 0 saturated carbocycles. The first-order valence-electron chi connectivity index (χ1n) is 5.30. The van der Waals surface area contributed by atoms with Gasteiger partial charge >= 0.3 is 0 Å². The van der Waals surface area contributed by atoms with E-state index in [2.05, 4.69) is 5.32 Å². The van der Waals surface area contributed by atoms with Gasteiger partial charge in [0.1, 0.15) is 5.76 Å². The van der Waals surface area contributed by atoms with Crippen LogP contribution in [0.5, 0.6) is 0 Å². The Kier molecular flexibility index (Phi) is 5.68. The molecule has 1 rings (SSSR count). The molecular formula is C11H18N2O4. The van der Waals surface area contributed by atoms with Crippen LogP contribution in [0.25, 0.3) is 0 Å². The highest BCUT2D eigenvalue weighted by molar-refractivity contribution is 5.91. The molecule has 0 aliphatic heterocycles. The smallest absolute Gasteiger partial charge is 0.287 e. The average Bonchev–Trinajstić information content (AvgIpc) is 2.82. The number of nitrogens with two attached hydrogens (primary N) is 1. The molecule has 0 spiro atoms. The van der Waals surface area contributed by atoms with Crippen molar-refractivity contribution in [3.05, 3.63) is 23.7 Å². The topological polar surface area (TPSA) is 86.7 Å². The van der Waals surface area contributed by atoms with Crippen molar-refractivity contribution in [3.63, 3.8) is 0 Å². The zero-order chi connectivity index (χ0) is 12.7. The summed E-state index contributed by atoms with van der Waals surface area (Å²) in [6.07, 6.45) is -0.173. The van der Waals surface area contributed by atoms with Gasteiger partial charge in [0.15, 0.2) is 5.76 Å². The standard InChI is InChI=1S/C11H18N2O4/c1-15-7-9(16-2)6-13-11(14)10-4-3-8(5-12)17-10/h3-4,9H,5-7,12H2,1-2H3,(H,13,14). The second-order valence-corrected chi connectivity index (χ2v) is 3.49. The van der Waals surface area contributed by atoms with E-state index in [4.69, 9.17) is 19.6 Å². The van der Waals surface area contributed by atoms with Crippen molar-refractivity contribution >= 4 is 5.91 Å². The Balaban J connectivity index is 2.43. The fourth-order valence-electron chi connectivity index (χ4n) is 1.30. The maximum atomic E-state index is 11.7. The molecule has 0 saturated heterocycles. The van der Waals surface area contributed by atoms with E-state index < -0.39 is 0 Å². The van der Waals surface area contributed by atoms with E-state index in [0.29, 0.717) is 18.9 Å². The Bertz CT molecular complexity index is 351. The third-order valence-corrected chi connectivity index (χ3v) is 2.26. The summed E-state index contributed by atoms with van der Waals surface area (Å²) in [5, 5.41) is 2.69. The van der Waals surface area contributed by atoms with E-state index in [1.54, 1.807) is 26.4 Å². The maximum Gasteiger partial charge on any atom is 0.287 e. The van der Waals surface area contributed by atoms with Gasteiger partial charge in [-0.05, 0) is 12.1 Å². The maximum absolute atomic E-state index is 11.7. The quantitative estimate of drug-likeness (QED) is 0.709. The van der Waals surface area contributed by atoms with Crippen molar-refractivity contribution in [3.8, 4) is 0 Å². The number of carbonyl (C=O) groups excluding carboxylic acids is 1. The van der Waals surface area contributed by atoms with Crippen LogP contribution in [0, 0.1) is 0 Å². The number of rotatable bonds is 7. The van der Waals surface area contributed by atoms with Gasteiger partial charge in [-0.15, -0.1) is 0 Å². The van der Waals surface area contributed by atoms with Gasteiger partial charge in [-0.2, -0.15) is 0 Å². The Labute approximate surface area is 100 Å². The number of ether oxygens (including phenoxy) is 2. The number of nitrogens with one attached hydrogen (secondary N) is 1. The second kappa shape index (κ2) is 7.05. The summed E-state index contributed by atoms with van der Waals surface area (Å²) in [6.45, 7) is 1.06. The van der Waals surface area contributed by atoms with Crippen LogP contribution < -0.4 is 11.1 Å². The zero-order valence-electron chi connectivity index (χ0n) is 10.1. The molecule has 0 aromatic carbocycles. The summed E-state index contributed by atoms with van der Waals surface area (Å²) in [5.41, 5.74) is 5.38. The molecule has 1 heterocycles. The van der Waals surface area contributed by atoms with Gasteiger partial charge in [0.2, 0.25) is 0 Å². The molecule has 1 aromatic heterocycles. The van der Waals surface area contributed by atoms with Crippen molar-refractivity contribution < 1.29 is 18.7 Å². The summed E-state index contributed by atoms with van der Waals surface area (Å²) in [4.78, 5) is 11.7. The van der Waals surface area contributed by atoms with Gasteiger partial charge in [0.05, 0.1) is 19.3 Å². The van der Waals surface area contributed by atoms with E-state index in [1.165, 1.54) is 0 Å². The van der Waals surface area contributed by atoms with E-state index in [0.717, 1.165) is 0 Å². The molecule has 3 N–H and O–H groups in total. The summed E-state index contributed by atoms with van der Waals surface area (Å²) in [5.74, 6) is 0.538. The van der Waals surface area contributed by atoms with Gasteiger partial charge in [-0.25, -0.2) is 0 Å². The fraction of sp³-hybridized carbons (Fsp3) is 0.545. The van der Waals surface area contributed by atoms with Crippen molar-refractivity contribution in [2.45, 2.75) is 12.6 Å². The third-order valence-electron chi connectivity index (χ3n) is 2.26. The second-order valence-electron chi connectivity index (χ2n) is 3.49. The molecular weight excluding hydrogens is 224 g/mol. The molecule has 6 heteroatoms. The Morgan fingerprint density at radius 2 is 2.29 bits per heavy atom. The number of hydrogen-bond acceptors (Lipinski definition) is 5. The molecule has 0 radical (unpaired) electrons. The molecule has 1 unspecified atom stereocenters. The van der Waals surface area contributed by atoms with Crippen molar-refractivity contribution in [2.75, 3.05) is 27.4 Å². The minimum atomic E-state index is -0.289. The number of amides is 1. The Hall–Kier alpha value is -1.37. The number of furan rings is 1. The van der Waals surface area contributed by atoms with Gasteiger partial charge in [-0.3, -0.25) is 4.79 Å². The summed E-state index contributed by atoms with van der Waals surface area (Å²) >= 11 is 0. The van der Waals surface area contributed by atoms with Crippen LogP contribution in [-0.4, -0.2) is 39.4 Å². The summed E-state index contributed by atoms with van der Waals surface area (Å²) in [7, 11) is 3.14. The first kappa shape index (κ1) is 13.7. The predicted molar refractivity (Wildman–Crippen MR) is 61.6 cm³/mol. The lowest BCUT2D eigenvalue weighted by molar-refractivity contribution is 0.0283. The molecule has 0 bridgehead atoms. The highest BCUT2D eigenvalue weighted by Gasteiger charge is 2.13. The van der Waals surface area contributed by atoms with Crippen LogP contribution >= 0.6 is 0 Å². The predicted octanol–water partition coefficient (Wildman–Crippen LogP) is 0.130. The molecule has 6 nitrogen and oxygen atoms in total. The lowest BCUT2D eigenvalue weighted by Gasteiger charge is -2.14. The number of hydrogen-bond donors (Lipinski definition) is 2. The number of carbonyl (C=O) groups is 1. The molecule has 0 aliphatic carbocycles. The van der Waals surface area contributed by atoms with Crippen LogP contribution in [0.3, 0.4) is 0 Å². The van der Waals surface area contributed by atoms with Crippen LogP contribution in [0.4, 0.5) is 0 Å². The monoisotopic (exact) mass is 242 g/mol. The van der Waals surface area contributed by atoms with E-state index in [-0.39, 0.29) is 24.3 Å². The molecule has 17 heavy (non-hydrogen) atoms. The average molecular weight is 242 g/mol. The highest BCUT2D eigenvalue weighted by atomic mass is 16.5. The first-order valence-corrected chi connectivity index (χ1v) is 5.30. The van der Waals surface area contributed by atoms with Gasteiger partial charge in [0, 0.05) is 20.8 Å². The highest BCUT2D eigenvalue weighted by Crippen LogP contribution is 2.06. The third kappa shape index (κ3) is 4.18. The minimum absolute atomic E-state index is 0.173. The Morgan fingerprint density at radius 3 is 2.82 bits per heavy atom. The first-order chi connectivity index (χ1) is 8.21. The lowest BCUT2D eigenvalue weighted by Crippen LogP contribution is -2.35. The van der Waals surface area contributed by atoms with Crippen LogP contribution in [0.1, 0.15) is 16.3 Å². The van der Waals surface area contributed by atoms with Crippen molar-refractivity contribution in [2.24, 2.45) is 5.73 Å². The number of methoxy groups -OCH3 is 2. The van der Waals surface area contributed by atoms with E-state index >= 15 is 0 Å². The van der Waals surface area contributed by atoms with Crippen LogP contribution in [0.2, 0.25) is 0 Å². The largest absolute Gasteiger partial charge is 0.455 e. The van der Waals surface area contributed by atoms with Crippen molar-refractivity contribution in [1.29, 1.82) is 0 Å². The van der Waals surface area contributed by atoms with E-state index in [1.807, 2.05) is 0 Å². The van der Waals surface area contributed by atoms with Gasteiger partial charge in [0.25, 0.3) is 5.91 Å². The van der Waals surface area contributed by atoms with Crippen molar-refractivity contribution in [1.82, 2.24) is 5.32 Å². The molecule has 1 atom stereocenters. The molecule has 1 aromatic rings. The Morgan fingerprint density at radius 1 is 1.53 bits per heavy atom. The van der Waals surface area contributed by atoms with Crippen LogP contribution in [0.15, 0.2) is 16.5 Å². The minimum Gasteiger partial charge on any atom is -0.455 e. The molecule has 1 amide bonds.